The van der Waals surface area contributed by atoms with Crippen molar-refractivity contribution in [3.05, 3.63) is 90.0 Å². The Labute approximate surface area is 229 Å². The maximum atomic E-state index is 14.8. The molecule has 1 aromatic heterocycles. The van der Waals surface area contributed by atoms with E-state index in [4.69, 9.17) is 0 Å². The zero-order valence-corrected chi connectivity index (χ0v) is 22.2. The van der Waals surface area contributed by atoms with E-state index in [0.29, 0.717) is 28.7 Å². The van der Waals surface area contributed by atoms with Gasteiger partial charge in [-0.1, -0.05) is 42.8 Å². The number of aromatic nitrogens is 2. The number of hydrogen-bond acceptors (Lipinski definition) is 3. The normalized spacial score (nSPS) is 21.4. The predicted octanol–water partition coefficient (Wildman–Crippen LogP) is 6.95. The zero-order chi connectivity index (χ0) is 28.0. The molecule has 3 aromatic carbocycles. The molecule has 2 aliphatic rings. The molecule has 2 saturated carbocycles. The second kappa shape index (κ2) is 10.3. The number of aryl methyl sites for hydroxylation is 1. The fraction of sp³-hybridized carbons (Fsp3) is 0.303. The summed E-state index contributed by atoms with van der Waals surface area (Å²) in [5, 5.41) is 0. The molecule has 4 aromatic rings. The predicted molar refractivity (Wildman–Crippen MR) is 152 cm³/mol. The largest absolute Gasteiger partial charge is 0.334 e. The van der Waals surface area contributed by atoms with Gasteiger partial charge in [-0.05, 0) is 96.7 Å². The Morgan fingerprint density at radius 2 is 1.87 bits per heavy atom. The lowest BCUT2D eigenvalue weighted by molar-refractivity contribution is -0.124. The molecule has 198 valence electrons. The molecule has 1 heterocycles. The highest BCUT2D eigenvalue weighted by Crippen LogP contribution is 2.49. The number of carbonyl (C=O) groups is 2. The van der Waals surface area contributed by atoms with Gasteiger partial charge in [0.15, 0.2) is 5.78 Å². The van der Waals surface area contributed by atoms with E-state index >= 15 is 0 Å². The highest BCUT2D eigenvalue weighted by atomic mass is 19.1. The number of halogens is 1. The number of fused-ring (bicyclic) bond motifs is 3. The van der Waals surface area contributed by atoms with Gasteiger partial charge in [0.05, 0.1) is 25.3 Å². The van der Waals surface area contributed by atoms with Crippen LogP contribution >= 0.6 is 0 Å². The molecule has 5 nitrogen and oxygen atoms in total. The van der Waals surface area contributed by atoms with Gasteiger partial charge in [-0.3, -0.25) is 9.59 Å². The van der Waals surface area contributed by atoms with Crippen molar-refractivity contribution in [1.82, 2.24) is 9.55 Å². The molecule has 0 spiro atoms. The first kappa shape index (κ1) is 24.0. The lowest BCUT2D eigenvalue weighted by Gasteiger charge is -2.30. The van der Waals surface area contributed by atoms with Gasteiger partial charge in [0, 0.05) is 18.7 Å². The lowest BCUT2D eigenvalue weighted by Crippen LogP contribution is -2.38. The Bertz CT molecular complexity index is 1630. The smallest absolute Gasteiger partial charge is 0.230 e. The number of benzene rings is 3. The monoisotopic (exact) mass is 522 g/mol. The number of imidazole rings is 1. The Hall–Kier alpha value is -4.06. The summed E-state index contributed by atoms with van der Waals surface area (Å²) in [7, 11) is 1.96. The third kappa shape index (κ3) is 5.16. The van der Waals surface area contributed by atoms with Crippen LogP contribution in [0.15, 0.2) is 73.1 Å². The van der Waals surface area contributed by atoms with Crippen LogP contribution in [0, 0.1) is 23.6 Å². The van der Waals surface area contributed by atoms with E-state index < -0.39 is 12.3 Å². The molecule has 6 rings (SSSR count). The third-order valence-electron chi connectivity index (χ3n) is 8.23. The summed E-state index contributed by atoms with van der Waals surface area (Å²) in [5.41, 5.74) is 5.41. The summed E-state index contributed by atoms with van der Waals surface area (Å²) in [6.45, 7) is 0.380. The molecule has 2 aliphatic carbocycles. The highest BCUT2D eigenvalue weighted by molar-refractivity contribution is 5.96. The van der Waals surface area contributed by atoms with E-state index in [-0.39, 0.29) is 17.6 Å². The van der Waals surface area contributed by atoms with Crippen LogP contribution in [0.2, 0.25) is 0 Å². The van der Waals surface area contributed by atoms with Crippen LogP contribution in [0.3, 0.4) is 0 Å². The molecule has 2 bridgehead atoms. The zero-order valence-electron chi connectivity index (χ0n) is 23.2. The van der Waals surface area contributed by atoms with Crippen LogP contribution in [0.1, 0.15) is 45.1 Å². The highest BCUT2D eigenvalue weighted by Gasteiger charge is 2.44. The number of anilines is 1. The van der Waals surface area contributed by atoms with Crippen molar-refractivity contribution in [2.45, 2.75) is 39.1 Å². The van der Waals surface area contributed by atoms with Crippen molar-refractivity contribution < 1.29 is 15.4 Å². The molecule has 0 saturated heterocycles. The average molecular weight is 523 g/mol. The van der Waals surface area contributed by atoms with Gasteiger partial charge in [0.25, 0.3) is 0 Å². The molecule has 0 N–H and O–H groups in total. The molecular formula is C33H32FN3O2. The maximum absolute atomic E-state index is 14.8. The average Bonchev–Trinajstić information content (AvgIpc) is 3.68. The Morgan fingerprint density at radius 3 is 2.59 bits per heavy atom. The van der Waals surface area contributed by atoms with Crippen molar-refractivity contribution in [3.8, 4) is 11.1 Å². The van der Waals surface area contributed by atoms with Gasteiger partial charge in [-0.15, -0.1) is 0 Å². The van der Waals surface area contributed by atoms with Crippen molar-refractivity contribution in [3.63, 3.8) is 0 Å². The van der Waals surface area contributed by atoms with Crippen molar-refractivity contribution in [2.24, 2.45) is 24.8 Å². The number of allylic oxidation sites excluding steroid dienone is 1. The summed E-state index contributed by atoms with van der Waals surface area (Å²) >= 11 is 0. The van der Waals surface area contributed by atoms with E-state index in [2.05, 4.69) is 4.98 Å². The molecule has 0 radical (unpaired) electrons. The van der Waals surface area contributed by atoms with Gasteiger partial charge in [-0.25, -0.2) is 9.37 Å². The van der Waals surface area contributed by atoms with Gasteiger partial charge < -0.3 is 9.47 Å². The summed E-state index contributed by atoms with van der Waals surface area (Å²) in [4.78, 5) is 31.4. The van der Waals surface area contributed by atoms with Gasteiger partial charge in [0.2, 0.25) is 5.91 Å². The molecule has 2 fully saturated rings. The minimum atomic E-state index is -1.05. The number of amides is 1. The Kier molecular flexibility index (Phi) is 6.31. The van der Waals surface area contributed by atoms with Crippen LogP contribution in [0.4, 0.5) is 10.1 Å². The number of carbonyl (C=O) groups excluding carboxylic acids is 2. The van der Waals surface area contributed by atoms with E-state index in [1.54, 1.807) is 18.5 Å². The molecule has 0 aliphatic heterocycles. The minimum Gasteiger partial charge on any atom is -0.334 e. The summed E-state index contributed by atoms with van der Waals surface area (Å²) in [6.07, 6.45) is 8.78. The molecule has 6 heteroatoms. The van der Waals surface area contributed by atoms with E-state index in [1.165, 1.54) is 30.0 Å². The lowest BCUT2D eigenvalue weighted by atomic mass is 9.87. The Morgan fingerprint density at radius 1 is 1.08 bits per heavy atom. The summed E-state index contributed by atoms with van der Waals surface area (Å²) in [5.74, 6) is -0.0660. The molecular weight excluding hydrogens is 489 g/mol. The van der Waals surface area contributed by atoms with Crippen LogP contribution in [0.5, 0.6) is 0 Å². The summed E-state index contributed by atoms with van der Waals surface area (Å²) < 4.78 is 26.0. The second-order valence-corrected chi connectivity index (χ2v) is 11.0. The van der Waals surface area contributed by atoms with E-state index in [0.717, 1.165) is 47.8 Å². The molecule has 39 heavy (non-hydrogen) atoms. The second-order valence-electron chi connectivity index (χ2n) is 11.0. The van der Waals surface area contributed by atoms with Crippen molar-refractivity contribution in [2.75, 3.05) is 4.90 Å². The first-order valence-electron chi connectivity index (χ1n) is 14.1. The minimum absolute atomic E-state index is 0.121. The number of ketones is 1. The van der Waals surface area contributed by atoms with Crippen LogP contribution in [0.25, 0.3) is 28.2 Å². The SMILES string of the molecule is [2H]C(c1ccc(-c2ccc3c(c2)ncn3C)cc1)N(C(=O)[C@@H]1C[C@@H]2CC[C@H]1C2)c1cc(F)cc(/C=C/C(C)=O)c1. The number of rotatable bonds is 7. The summed E-state index contributed by atoms with van der Waals surface area (Å²) in [6, 6.07) is 18.1. The number of hydrogen-bond donors (Lipinski definition) is 0. The van der Waals surface area contributed by atoms with Gasteiger partial charge in [-0.2, -0.15) is 0 Å². The maximum Gasteiger partial charge on any atom is 0.230 e. The van der Waals surface area contributed by atoms with Crippen molar-refractivity contribution >= 4 is 34.5 Å². The standard InChI is InChI=1S/C33H32FN3O2/c1-21(38)3-4-24-14-28(34)18-29(15-24)37(33(39)30-16-23-7-10-27(30)13-23)19-22-5-8-25(9-6-22)26-11-12-32-31(17-26)35-20-36(32)2/h3-6,8-9,11-12,14-15,17-18,20,23,27,30H,7,10,13,16,19H2,1-2H3/b4-3+/t23-,27+,30-/m1/s1/i19D/t19?,23-,27+,30-. The molecule has 1 amide bonds. The fourth-order valence-electron chi connectivity index (χ4n) is 6.26. The first-order chi connectivity index (χ1) is 19.3. The quantitative estimate of drug-likeness (QED) is 0.247. The van der Waals surface area contributed by atoms with E-state index in [9.17, 15) is 15.4 Å². The third-order valence-corrected chi connectivity index (χ3v) is 8.23. The van der Waals surface area contributed by atoms with Crippen LogP contribution < -0.4 is 4.90 Å². The van der Waals surface area contributed by atoms with Crippen molar-refractivity contribution in [1.29, 1.82) is 0 Å². The van der Waals surface area contributed by atoms with E-state index in [1.807, 2.05) is 54.1 Å². The molecule has 4 atom stereocenters. The topological polar surface area (TPSA) is 55.2 Å². The Balaban J connectivity index is 1.34. The van der Waals surface area contributed by atoms with Gasteiger partial charge >= 0.3 is 0 Å². The first-order valence-corrected chi connectivity index (χ1v) is 13.5. The molecule has 1 unspecified atom stereocenters. The van der Waals surface area contributed by atoms with Crippen LogP contribution in [-0.4, -0.2) is 21.2 Å². The fourth-order valence-corrected chi connectivity index (χ4v) is 6.26. The van der Waals surface area contributed by atoms with Crippen LogP contribution in [-0.2, 0) is 23.2 Å². The number of nitrogens with zero attached hydrogens (tertiary/aromatic N) is 3. The van der Waals surface area contributed by atoms with Gasteiger partial charge in [0.1, 0.15) is 5.82 Å².